The third-order valence-electron chi connectivity index (χ3n) is 5.92. The van der Waals surface area contributed by atoms with Crippen molar-refractivity contribution in [1.29, 1.82) is 0 Å². The maximum atomic E-state index is 12.3. The van der Waals surface area contributed by atoms with Gasteiger partial charge in [-0.05, 0) is 58.3 Å². The molecule has 3 atom stereocenters. The number of hydrogen-bond donors (Lipinski definition) is 0. The fourth-order valence-electron chi connectivity index (χ4n) is 4.56. The first-order chi connectivity index (χ1) is 11.5. The molecule has 2 rings (SSSR count). The zero-order valence-corrected chi connectivity index (χ0v) is 17.2. The molecule has 3 unspecified atom stereocenters. The van der Waals surface area contributed by atoms with Gasteiger partial charge < -0.3 is 9.47 Å². The van der Waals surface area contributed by atoms with Crippen LogP contribution in [0.2, 0.25) is 0 Å². The SMILES string of the molecule is COC1(C2CCCC(OC(=O)C(C)(C)C)C2)OOC1(C(C)C)C(C)C. The molecule has 0 spiro atoms. The molecular weight excluding hydrogens is 320 g/mol. The van der Waals surface area contributed by atoms with Crippen molar-refractivity contribution in [3.05, 3.63) is 0 Å². The second-order valence-electron chi connectivity index (χ2n) is 9.28. The molecule has 0 aromatic rings. The van der Waals surface area contributed by atoms with E-state index in [4.69, 9.17) is 19.2 Å². The van der Waals surface area contributed by atoms with Crippen LogP contribution in [0.4, 0.5) is 0 Å². The van der Waals surface area contributed by atoms with Crippen LogP contribution in [0.5, 0.6) is 0 Å². The molecule has 1 saturated heterocycles. The highest BCUT2D eigenvalue weighted by atomic mass is 17.3. The van der Waals surface area contributed by atoms with E-state index in [1.807, 2.05) is 20.8 Å². The molecule has 0 amide bonds. The van der Waals surface area contributed by atoms with E-state index in [-0.39, 0.29) is 29.8 Å². The van der Waals surface area contributed by atoms with Gasteiger partial charge in [-0.1, -0.05) is 27.7 Å². The smallest absolute Gasteiger partial charge is 0.311 e. The number of ether oxygens (including phenoxy) is 2. The van der Waals surface area contributed by atoms with Gasteiger partial charge in [0.05, 0.1) is 5.41 Å². The molecule has 0 aromatic carbocycles. The summed E-state index contributed by atoms with van der Waals surface area (Å²) >= 11 is 0. The summed E-state index contributed by atoms with van der Waals surface area (Å²) in [5.41, 5.74) is -0.968. The lowest BCUT2D eigenvalue weighted by Gasteiger charge is -2.62. The van der Waals surface area contributed by atoms with Crippen LogP contribution in [0, 0.1) is 23.2 Å². The summed E-state index contributed by atoms with van der Waals surface area (Å²) in [6.45, 7) is 14.3. The van der Waals surface area contributed by atoms with E-state index in [0.717, 1.165) is 25.7 Å². The Bertz CT molecular complexity index is 467. The Hall–Kier alpha value is -0.650. The minimum atomic E-state index is -0.776. The van der Waals surface area contributed by atoms with Crippen LogP contribution in [0.15, 0.2) is 0 Å². The van der Waals surface area contributed by atoms with Crippen molar-refractivity contribution in [2.45, 2.75) is 91.6 Å². The molecule has 1 aliphatic heterocycles. The van der Waals surface area contributed by atoms with Crippen LogP contribution >= 0.6 is 0 Å². The van der Waals surface area contributed by atoms with Crippen LogP contribution in [0.1, 0.15) is 74.1 Å². The second kappa shape index (κ2) is 7.16. The van der Waals surface area contributed by atoms with Crippen molar-refractivity contribution in [2.24, 2.45) is 23.2 Å². The third kappa shape index (κ3) is 3.35. The fourth-order valence-corrected chi connectivity index (χ4v) is 4.56. The van der Waals surface area contributed by atoms with Gasteiger partial charge in [0.15, 0.2) is 5.60 Å². The van der Waals surface area contributed by atoms with Gasteiger partial charge in [0.2, 0.25) is 5.79 Å². The van der Waals surface area contributed by atoms with E-state index >= 15 is 0 Å². The van der Waals surface area contributed by atoms with Crippen molar-refractivity contribution in [3.8, 4) is 0 Å². The number of carbonyl (C=O) groups is 1. The third-order valence-corrected chi connectivity index (χ3v) is 5.92. The van der Waals surface area contributed by atoms with Gasteiger partial charge in [-0.3, -0.25) is 4.79 Å². The monoisotopic (exact) mass is 356 g/mol. The molecule has 0 N–H and O–H groups in total. The predicted octanol–water partition coefficient (Wildman–Crippen LogP) is 4.49. The van der Waals surface area contributed by atoms with Crippen molar-refractivity contribution in [3.63, 3.8) is 0 Å². The Balaban J connectivity index is 2.20. The zero-order valence-electron chi connectivity index (χ0n) is 17.2. The lowest BCUT2D eigenvalue weighted by Crippen LogP contribution is -2.76. The van der Waals surface area contributed by atoms with Gasteiger partial charge in [-0.15, -0.1) is 0 Å². The number of esters is 1. The van der Waals surface area contributed by atoms with Crippen LogP contribution in [0.25, 0.3) is 0 Å². The summed E-state index contributed by atoms with van der Waals surface area (Å²) < 4.78 is 11.8. The maximum absolute atomic E-state index is 12.3. The predicted molar refractivity (Wildman–Crippen MR) is 95.6 cm³/mol. The molecule has 25 heavy (non-hydrogen) atoms. The fraction of sp³-hybridized carbons (Fsp3) is 0.950. The number of carbonyl (C=O) groups excluding carboxylic acids is 1. The highest BCUT2D eigenvalue weighted by molar-refractivity contribution is 5.75. The van der Waals surface area contributed by atoms with E-state index in [1.165, 1.54) is 0 Å². The summed E-state index contributed by atoms with van der Waals surface area (Å²) in [6, 6.07) is 0. The van der Waals surface area contributed by atoms with Crippen LogP contribution in [0.3, 0.4) is 0 Å². The Morgan fingerprint density at radius 2 is 1.68 bits per heavy atom. The summed E-state index contributed by atoms with van der Waals surface area (Å²) in [5.74, 6) is -0.281. The summed E-state index contributed by atoms with van der Waals surface area (Å²) in [5, 5.41) is 0. The lowest BCUT2D eigenvalue weighted by atomic mass is 9.65. The van der Waals surface area contributed by atoms with Gasteiger partial charge in [0.1, 0.15) is 6.10 Å². The molecule has 0 radical (unpaired) electrons. The van der Waals surface area contributed by atoms with Crippen molar-refractivity contribution in [1.82, 2.24) is 0 Å². The molecule has 2 fully saturated rings. The van der Waals surface area contributed by atoms with E-state index < -0.39 is 16.8 Å². The summed E-state index contributed by atoms with van der Waals surface area (Å²) in [4.78, 5) is 23.7. The molecule has 0 bridgehead atoms. The maximum Gasteiger partial charge on any atom is 0.311 e. The number of rotatable bonds is 5. The normalized spacial score (nSPS) is 32.6. The largest absolute Gasteiger partial charge is 0.462 e. The van der Waals surface area contributed by atoms with Gasteiger partial charge >= 0.3 is 5.97 Å². The van der Waals surface area contributed by atoms with Gasteiger partial charge in [0, 0.05) is 13.0 Å². The first kappa shape index (κ1) is 20.7. The van der Waals surface area contributed by atoms with Gasteiger partial charge in [-0.25, -0.2) is 4.89 Å². The molecule has 5 heteroatoms. The number of hydrogen-bond acceptors (Lipinski definition) is 5. The van der Waals surface area contributed by atoms with Gasteiger partial charge in [-0.2, -0.15) is 4.89 Å². The Kier molecular flexibility index (Phi) is 5.92. The minimum absolute atomic E-state index is 0.0845. The first-order valence-electron chi connectivity index (χ1n) is 9.64. The standard InChI is InChI=1S/C20H36O5/c1-13(2)19(14(3)4)20(22-8,25-24-19)15-10-9-11-16(12-15)23-17(21)18(5,6)7/h13-16H,9-12H2,1-8H3. The zero-order chi connectivity index (χ0) is 19.0. The average molecular weight is 357 g/mol. The summed E-state index contributed by atoms with van der Waals surface area (Å²) in [7, 11) is 1.70. The summed E-state index contributed by atoms with van der Waals surface area (Å²) in [6.07, 6.45) is 3.55. The Labute approximate surface area is 152 Å². The Morgan fingerprint density at radius 1 is 1.08 bits per heavy atom. The molecule has 146 valence electrons. The van der Waals surface area contributed by atoms with Crippen molar-refractivity contribution in [2.75, 3.05) is 7.11 Å². The average Bonchev–Trinajstić information content (AvgIpc) is 2.46. The highest BCUT2D eigenvalue weighted by Crippen LogP contribution is 2.57. The van der Waals surface area contributed by atoms with E-state index in [2.05, 4.69) is 27.7 Å². The van der Waals surface area contributed by atoms with Crippen molar-refractivity contribution < 1.29 is 24.0 Å². The highest BCUT2D eigenvalue weighted by Gasteiger charge is 2.71. The van der Waals surface area contributed by atoms with Crippen LogP contribution in [-0.2, 0) is 24.0 Å². The van der Waals surface area contributed by atoms with Gasteiger partial charge in [0.25, 0.3) is 0 Å². The molecular formula is C20H36O5. The molecule has 0 aromatic heterocycles. The molecule has 1 heterocycles. The number of methoxy groups -OCH3 is 1. The molecule has 1 saturated carbocycles. The first-order valence-corrected chi connectivity index (χ1v) is 9.64. The van der Waals surface area contributed by atoms with E-state index in [9.17, 15) is 4.79 Å². The van der Waals surface area contributed by atoms with Crippen LogP contribution in [-0.4, -0.2) is 30.6 Å². The lowest BCUT2D eigenvalue weighted by molar-refractivity contribution is -0.636. The quantitative estimate of drug-likeness (QED) is 0.536. The molecule has 1 aliphatic carbocycles. The molecule has 5 nitrogen and oxygen atoms in total. The Morgan fingerprint density at radius 3 is 2.08 bits per heavy atom. The van der Waals surface area contributed by atoms with Crippen molar-refractivity contribution >= 4 is 5.97 Å². The second-order valence-corrected chi connectivity index (χ2v) is 9.28. The topological polar surface area (TPSA) is 54.0 Å². The molecule has 2 aliphatic rings. The van der Waals surface area contributed by atoms with E-state index in [0.29, 0.717) is 0 Å². The minimum Gasteiger partial charge on any atom is -0.462 e. The van der Waals surface area contributed by atoms with E-state index in [1.54, 1.807) is 7.11 Å². The van der Waals surface area contributed by atoms with Crippen LogP contribution < -0.4 is 0 Å².